The van der Waals surface area contributed by atoms with Crippen LogP contribution in [-0.2, 0) is 15.9 Å². The average Bonchev–Trinajstić information content (AvgIpc) is 2.82. The molecule has 3 aromatic rings. The Morgan fingerprint density at radius 3 is 2.21 bits per heavy atom. The van der Waals surface area contributed by atoms with Gasteiger partial charge in [0, 0.05) is 23.5 Å². The summed E-state index contributed by atoms with van der Waals surface area (Å²) in [5.74, 6) is -3.33. The maximum Gasteiger partial charge on any atom is 0.228 e. The summed E-state index contributed by atoms with van der Waals surface area (Å²) >= 11 is 0. The molecule has 0 N–H and O–H groups in total. The van der Waals surface area contributed by atoms with Crippen molar-refractivity contribution in [2.75, 3.05) is 20.1 Å². The molecule has 1 aromatic heterocycles. The Labute approximate surface area is 188 Å². The molecule has 1 aliphatic heterocycles. The fourth-order valence-corrected chi connectivity index (χ4v) is 3.66. The standard InChI is InChI=1S/C24H22F4N2O3/c1-2-3-14-9-29-23(30-10-14)17-11-31-24(32-12-17)15-4-5-18(19(26)6-15)16-7-20(27)22(33-13-25)21(28)8-16/h4-10,17,24H,2-3,11-13H2,1H3. The molecular weight excluding hydrogens is 440 g/mol. The van der Waals surface area contributed by atoms with Gasteiger partial charge < -0.3 is 14.2 Å². The molecule has 33 heavy (non-hydrogen) atoms. The van der Waals surface area contributed by atoms with E-state index in [0.717, 1.165) is 30.5 Å². The van der Waals surface area contributed by atoms with Gasteiger partial charge in [0.1, 0.15) is 11.6 Å². The molecule has 0 radical (unpaired) electrons. The van der Waals surface area contributed by atoms with E-state index in [1.807, 2.05) is 0 Å². The summed E-state index contributed by atoms with van der Waals surface area (Å²) in [7, 11) is 0. The molecular formula is C24H22F4N2O3. The van der Waals surface area contributed by atoms with Gasteiger partial charge in [0.2, 0.25) is 6.86 Å². The van der Waals surface area contributed by atoms with Crippen LogP contribution in [0.1, 0.15) is 42.5 Å². The third kappa shape index (κ3) is 5.15. The number of nitrogens with zero attached hydrogens (tertiary/aromatic N) is 2. The summed E-state index contributed by atoms with van der Waals surface area (Å²) in [6.45, 7) is 1.30. The number of alkyl halides is 1. The lowest BCUT2D eigenvalue weighted by atomic mass is 10.0. The SMILES string of the molecule is CCCc1cnc(C2COC(c3ccc(-c4cc(F)c(OCF)c(F)c4)c(F)c3)OC2)nc1. The zero-order valence-corrected chi connectivity index (χ0v) is 17.9. The molecule has 0 unspecified atom stereocenters. The molecule has 174 valence electrons. The zero-order chi connectivity index (χ0) is 23.4. The van der Waals surface area contributed by atoms with E-state index in [1.54, 1.807) is 18.5 Å². The first-order chi connectivity index (χ1) is 16.0. The molecule has 9 heteroatoms. The van der Waals surface area contributed by atoms with Gasteiger partial charge >= 0.3 is 0 Å². The summed E-state index contributed by atoms with van der Waals surface area (Å²) in [6.07, 6.45) is 4.73. The van der Waals surface area contributed by atoms with Crippen LogP contribution in [0.5, 0.6) is 5.75 Å². The molecule has 2 aromatic carbocycles. The number of rotatable bonds is 7. The summed E-state index contributed by atoms with van der Waals surface area (Å²) < 4.78 is 70.9. The third-order valence-electron chi connectivity index (χ3n) is 5.30. The van der Waals surface area contributed by atoms with Crippen LogP contribution in [0.15, 0.2) is 42.7 Å². The fourth-order valence-electron chi connectivity index (χ4n) is 3.66. The Morgan fingerprint density at radius 2 is 1.64 bits per heavy atom. The van der Waals surface area contributed by atoms with Gasteiger partial charge in [0.25, 0.3) is 0 Å². The first kappa shape index (κ1) is 23.1. The number of hydrogen-bond acceptors (Lipinski definition) is 5. The Bertz CT molecular complexity index is 1080. The molecule has 0 amide bonds. The Morgan fingerprint density at radius 1 is 0.970 bits per heavy atom. The lowest BCUT2D eigenvalue weighted by molar-refractivity contribution is -0.192. The predicted molar refractivity (Wildman–Crippen MR) is 112 cm³/mol. The van der Waals surface area contributed by atoms with Crippen LogP contribution < -0.4 is 4.74 Å². The first-order valence-electron chi connectivity index (χ1n) is 10.5. The van der Waals surface area contributed by atoms with E-state index in [9.17, 15) is 17.6 Å². The van der Waals surface area contributed by atoms with Crippen LogP contribution in [0, 0.1) is 17.5 Å². The molecule has 0 spiro atoms. The summed E-state index contributed by atoms with van der Waals surface area (Å²) in [5.41, 5.74) is 1.41. The van der Waals surface area contributed by atoms with Crippen molar-refractivity contribution in [3.63, 3.8) is 0 Å². The second-order valence-corrected chi connectivity index (χ2v) is 7.66. The van der Waals surface area contributed by atoms with Gasteiger partial charge in [-0.25, -0.2) is 27.5 Å². The Balaban J connectivity index is 1.45. The van der Waals surface area contributed by atoms with Crippen molar-refractivity contribution in [1.29, 1.82) is 0 Å². The highest BCUT2D eigenvalue weighted by Crippen LogP contribution is 2.34. The number of aryl methyl sites for hydroxylation is 1. The van der Waals surface area contributed by atoms with Crippen molar-refractivity contribution >= 4 is 0 Å². The van der Waals surface area contributed by atoms with Crippen LogP contribution in [0.25, 0.3) is 11.1 Å². The highest BCUT2D eigenvalue weighted by atomic mass is 19.1. The molecule has 4 rings (SSSR count). The quantitative estimate of drug-likeness (QED) is 0.425. The maximum atomic E-state index is 14.8. The van der Waals surface area contributed by atoms with E-state index in [1.165, 1.54) is 12.1 Å². The molecule has 0 bridgehead atoms. The fraction of sp³-hybridized carbons (Fsp3) is 0.333. The summed E-state index contributed by atoms with van der Waals surface area (Å²) in [4.78, 5) is 8.78. The average molecular weight is 462 g/mol. The molecule has 0 saturated carbocycles. The van der Waals surface area contributed by atoms with Gasteiger partial charge in [0.15, 0.2) is 23.7 Å². The van der Waals surface area contributed by atoms with E-state index >= 15 is 0 Å². The van der Waals surface area contributed by atoms with E-state index in [0.29, 0.717) is 24.6 Å². The molecule has 0 atom stereocenters. The number of aromatic nitrogens is 2. The number of ether oxygens (including phenoxy) is 3. The van der Waals surface area contributed by atoms with E-state index in [-0.39, 0.29) is 17.0 Å². The molecule has 1 saturated heterocycles. The molecule has 1 fully saturated rings. The van der Waals surface area contributed by atoms with Crippen molar-refractivity contribution in [2.24, 2.45) is 0 Å². The van der Waals surface area contributed by atoms with Crippen molar-refractivity contribution in [3.8, 4) is 16.9 Å². The van der Waals surface area contributed by atoms with Crippen LogP contribution in [-0.4, -0.2) is 30.0 Å². The molecule has 1 aliphatic rings. The highest BCUT2D eigenvalue weighted by Gasteiger charge is 2.27. The van der Waals surface area contributed by atoms with Gasteiger partial charge in [0.05, 0.1) is 19.1 Å². The third-order valence-corrected chi connectivity index (χ3v) is 5.30. The monoisotopic (exact) mass is 462 g/mol. The normalized spacial score (nSPS) is 18.3. The zero-order valence-electron chi connectivity index (χ0n) is 17.9. The van der Waals surface area contributed by atoms with E-state index in [2.05, 4.69) is 21.6 Å². The number of hydrogen-bond donors (Lipinski definition) is 0. The van der Waals surface area contributed by atoms with Crippen LogP contribution in [0.4, 0.5) is 17.6 Å². The van der Waals surface area contributed by atoms with E-state index < -0.39 is 36.4 Å². The first-order valence-corrected chi connectivity index (χ1v) is 10.5. The summed E-state index contributed by atoms with van der Waals surface area (Å²) in [6, 6.07) is 5.90. The Kier molecular flexibility index (Phi) is 7.20. The minimum Gasteiger partial charge on any atom is -0.457 e. The number of benzene rings is 2. The minimum absolute atomic E-state index is 0.0300. The van der Waals surface area contributed by atoms with Crippen molar-refractivity contribution in [3.05, 3.63) is 77.1 Å². The predicted octanol–water partition coefficient (Wildman–Crippen LogP) is 5.65. The maximum absolute atomic E-state index is 14.8. The lowest BCUT2D eigenvalue weighted by Crippen LogP contribution is -2.27. The smallest absolute Gasteiger partial charge is 0.228 e. The van der Waals surface area contributed by atoms with Gasteiger partial charge in [-0.3, -0.25) is 0 Å². The number of halogens is 4. The van der Waals surface area contributed by atoms with Gasteiger partial charge in [-0.1, -0.05) is 25.5 Å². The van der Waals surface area contributed by atoms with Crippen LogP contribution in [0.3, 0.4) is 0 Å². The van der Waals surface area contributed by atoms with Crippen molar-refractivity contribution in [2.45, 2.75) is 32.0 Å². The van der Waals surface area contributed by atoms with Gasteiger partial charge in [-0.2, -0.15) is 0 Å². The molecule has 2 heterocycles. The van der Waals surface area contributed by atoms with E-state index in [4.69, 9.17) is 9.47 Å². The summed E-state index contributed by atoms with van der Waals surface area (Å²) in [5, 5.41) is 0. The Hall–Kier alpha value is -3.04. The van der Waals surface area contributed by atoms with Crippen LogP contribution in [0.2, 0.25) is 0 Å². The van der Waals surface area contributed by atoms with Crippen LogP contribution >= 0.6 is 0 Å². The highest BCUT2D eigenvalue weighted by molar-refractivity contribution is 5.66. The minimum atomic E-state index is -1.38. The molecule has 5 nitrogen and oxygen atoms in total. The largest absolute Gasteiger partial charge is 0.457 e. The molecule has 0 aliphatic carbocycles. The van der Waals surface area contributed by atoms with Crippen molar-refractivity contribution in [1.82, 2.24) is 9.97 Å². The lowest BCUT2D eigenvalue weighted by Gasteiger charge is -2.29. The second-order valence-electron chi connectivity index (χ2n) is 7.66. The van der Waals surface area contributed by atoms with Crippen molar-refractivity contribution < 1.29 is 31.8 Å². The second kappa shape index (κ2) is 10.3. The van der Waals surface area contributed by atoms with Gasteiger partial charge in [-0.05, 0) is 35.7 Å². The van der Waals surface area contributed by atoms with Gasteiger partial charge in [-0.15, -0.1) is 0 Å². The topological polar surface area (TPSA) is 53.5 Å².